The Labute approximate surface area is 162 Å². The van der Waals surface area contributed by atoms with Crippen LogP contribution >= 0.6 is 0 Å². The fraction of sp³-hybridized carbons (Fsp3) is 0.238. The third-order valence-electron chi connectivity index (χ3n) is 4.92. The monoisotopic (exact) mass is 379 g/mol. The molecule has 1 saturated heterocycles. The summed E-state index contributed by atoms with van der Waals surface area (Å²) < 4.78 is 10.6. The van der Waals surface area contributed by atoms with Crippen LogP contribution in [0.5, 0.6) is 5.75 Å². The predicted molar refractivity (Wildman–Crippen MR) is 105 cm³/mol. The number of hydrogen-bond acceptors (Lipinski definition) is 6. The van der Waals surface area contributed by atoms with Crippen molar-refractivity contribution in [3.8, 4) is 17.1 Å². The van der Waals surface area contributed by atoms with Crippen LogP contribution in [0.2, 0.25) is 0 Å². The molecule has 0 spiro atoms. The number of hydrogen-bond donors (Lipinski definition) is 2. The zero-order chi connectivity index (χ0) is 19.5. The topological polar surface area (TPSA) is 87.8 Å². The standard InChI is InChI=1S/C21H21N3O4/c1-27-16-9-7-15(8-10-16)19-18(21(25)26)20(23-28-19)24-12-11-22-17(13-24)14-5-3-2-4-6-14/h2-10,17,22H,11-13H2,1H3,(H,25,26). The number of methoxy groups -OCH3 is 1. The van der Waals surface area contributed by atoms with E-state index in [9.17, 15) is 9.90 Å². The molecule has 144 valence electrons. The van der Waals surface area contributed by atoms with Crippen molar-refractivity contribution in [3.05, 3.63) is 65.7 Å². The van der Waals surface area contributed by atoms with Crippen LogP contribution in [0.3, 0.4) is 0 Å². The summed E-state index contributed by atoms with van der Waals surface area (Å²) in [6.45, 7) is 1.99. The van der Waals surface area contributed by atoms with Gasteiger partial charge in [0.15, 0.2) is 17.1 Å². The summed E-state index contributed by atoms with van der Waals surface area (Å²) in [5.41, 5.74) is 1.88. The lowest BCUT2D eigenvalue weighted by Gasteiger charge is -2.34. The van der Waals surface area contributed by atoms with Gasteiger partial charge in [-0.2, -0.15) is 0 Å². The van der Waals surface area contributed by atoms with Crippen LogP contribution < -0.4 is 15.0 Å². The Balaban J connectivity index is 1.66. The van der Waals surface area contributed by atoms with Gasteiger partial charge in [0, 0.05) is 31.2 Å². The van der Waals surface area contributed by atoms with Crippen molar-refractivity contribution in [2.24, 2.45) is 0 Å². The second-order valence-corrected chi connectivity index (χ2v) is 6.61. The molecule has 0 aliphatic carbocycles. The Kier molecular flexibility index (Phi) is 4.99. The molecule has 0 radical (unpaired) electrons. The number of nitrogens with one attached hydrogen (secondary N) is 1. The number of rotatable bonds is 5. The highest BCUT2D eigenvalue weighted by molar-refractivity contribution is 5.99. The van der Waals surface area contributed by atoms with E-state index in [1.54, 1.807) is 31.4 Å². The first kappa shape index (κ1) is 18.1. The molecule has 1 atom stereocenters. The van der Waals surface area contributed by atoms with Crippen LogP contribution in [-0.2, 0) is 0 Å². The predicted octanol–water partition coefficient (Wildman–Crippen LogP) is 3.20. The van der Waals surface area contributed by atoms with Crippen molar-refractivity contribution in [2.75, 3.05) is 31.6 Å². The molecule has 2 aromatic carbocycles. The van der Waals surface area contributed by atoms with Crippen molar-refractivity contribution in [2.45, 2.75) is 6.04 Å². The highest BCUT2D eigenvalue weighted by Crippen LogP contribution is 2.33. The zero-order valence-corrected chi connectivity index (χ0v) is 15.5. The number of aromatic nitrogens is 1. The molecule has 0 bridgehead atoms. The summed E-state index contributed by atoms with van der Waals surface area (Å²) in [4.78, 5) is 14.0. The molecule has 7 nitrogen and oxygen atoms in total. The van der Waals surface area contributed by atoms with Crippen molar-refractivity contribution < 1.29 is 19.2 Å². The first-order chi connectivity index (χ1) is 13.7. The highest BCUT2D eigenvalue weighted by Gasteiger charge is 2.30. The van der Waals surface area contributed by atoms with Crippen LogP contribution in [0.15, 0.2) is 59.1 Å². The van der Waals surface area contributed by atoms with E-state index < -0.39 is 5.97 Å². The molecule has 1 aliphatic rings. The molecule has 1 unspecified atom stereocenters. The van der Waals surface area contributed by atoms with Gasteiger partial charge >= 0.3 is 5.97 Å². The van der Waals surface area contributed by atoms with Gasteiger partial charge in [-0.05, 0) is 29.8 Å². The van der Waals surface area contributed by atoms with Crippen LogP contribution in [0.25, 0.3) is 11.3 Å². The SMILES string of the molecule is COc1ccc(-c2onc(N3CCNC(c4ccccc4)C3)c2C(=O)O)cc1. The lowest BCUT2D eigenvalue weighted by Crippen LogP contribution is -2.46. The van der Waals surface area contributed by atoms with Gasteiger partial charge in [0.25, 0.3) is 0 Å². The molecular weight excluding hydrogens is 358 g/mol. The number of nitrogens with zero attached hydrogens (tertiary/aromatic N) is 2. The Morgan fingerprint density at radius 2 is 1.96 bits per heavy atom. The first-order valence-corrected chi connectivity index (χ1v) is 9.08. The molecule has 2 N–H and O–H groups in total. The second kappa shape index (κ2) is 7.74. The summed E-state index contributed by atoms with van der Waals surface area (Å²) in [7, 11) is 1.58. The van der Waals surface area contributed by atoms with E-state index >= 15 is 0 Å². The summed E-state index contributed by atoms with van der Waals surface area (Å²) in [6.07, 6.45) is 0. The van der Waals surface area contributed by atoms with E-state index in [4.69, 9.17) is 9.26 Å². The number of aromatic carboxylic acids is 1. The number of ether oxygens (including phenoxy) is 1. The van der Waals surface area contributed by atoms with Gasteiger partial charge in [-0.15, -0.1) is 0 Å². The number of anilines is 1. The van der Waals surface area contributed by atoms with Gasteiger partial charge < -0.3 is 24.6 Å². The van der Waals surface area contributed by atoms with Crippen molar-refractivity contribution in [1.82, 2.24) is 10.5 Å². The van der Waals surface area contributed by atoms with Crippen LogP contribution in [0.4, 0.5) is 5.82 Å². The van der Waals surface area contributed by atoms with E-state index in [0.717, 1.165) is 12.1 Å². The molecule has 0 saturated carbocycles. The van der Waals surface area contributed by atoms with Gasteiger partial charge in [0.1, 0.15) is 5.75 Å². The maximum atomic E-state index is 12.0. The molecule has 4 rings (SSSR count). The molecule has 0 amide bonds. The second-order valence-electron chi connectivity index (χ2n) is 6.61. The Hall–Kier alpha value is -3.32. The lowest BCUT2D eigenvalue weighted by molar-refractivity contribution is 0.0697. The molecule has 2 heterocycles. The van der Waals surface area contributed by atoms with E-state index in [1.165, 1.54) is 0 Å². The zero-order valence-electron chi connectivity index (χ0n) is 15.5. The van der Waals surface area contributed by atoms with Gasteiger partial charge in [-0.1, -0.05) is 35.5 Å². The smallest absolute Gasteiger partial charge is 0.343 e. The lowest BCUT2D eigenvalue weighted by atomic mass is 10.0. The van der Waals surface area contributed by atoms with Gasteiger partial charge in [-0.3, -0.25) is 0 Å². The summed E-state index contributed by atoms with van der Waals surface area (Å²) >= 11 is 0. The van der Waals surface area contributed by atoms with Crippen LogP contribution in [0, 0.1) is 0 Å². The molecular formula is C21H21N3O4. The largest absolute Gasteiger partial charge is 0.497 e. The molecule has 3 aromatic rings. The number of carboxylic acids is 1. The fourth-order valence-electron chi connectivity index (χ4n) is 3.48. The average molecular weight is 379 g/mol. The maximum Gasteiger partial charge on any atom is 0.343 e. The van der Waals surface area contributed by atoms with Crippen molar-refractivity contribution >= 4 is 11.8 Å². The normalized spacial score (nSPS) is 16.8. The molecule has 7 heteroatoms. The minimum atomic E-state index is -1.06. The van der Waals surface area contributed by atoms with E-state index in [0.29, 0.717) is 30.2 Å². The first-order valence-electron chi connectivity index (χ1n) is 9.08. The molecule has 1 aromatic heterocycles. The van der Waals surface area contributed by atoms with Crippen molar-refractivity contribution in [3.63, 3.8) is 0 Å². The average Bonchev–Trinajstić information content (AvgIpc) is 3.20. The van der Waals surface area contributed by atoms with E-state index in [2.05, 4.69) is 22.6 Å². The number of piperazine rings is 1. The summed E-state index contributed by atoms with van der Waals surface area (Å²) in [5, 5.41) is 17.4. The minimum Gasteiger partial charge on any atom is -0.497 e. The van der Waals surface area contributed by atoms with Crippen LogP contribution in [0.1, 0.15) is 22.0 Å². The summed E-state index contributed by atoms with van der Waals surface area (Å²) in [5.74, 6) is 0.241. The Morgan fingerprint density at radius 1 is 1.21 bits per heavy atom. The van der Waals surface area contributed by atoms with Gasteiger partial charge in [-0.25, -0.2) is 4.79 Å². The Morgan fingerprint density at radius 3 is 2.64 bits per heavy atom. The number of carboxylic acid groups (broad SMARTS) is 1. The Bertz CT molecular complexity index is 954. The third-order valence-corrected chi connectivity index (χ3v) is 4.92. The van der Waals surface area contributed by atoms with Crippen LogP contribution in [-0.4, -0.2) is 43.0 Å². The number of carbonyl (C=O) groups is 1. The minimum absolute atomic E-state index is 0.0823. The quantitative estimate of drug-likeness (QED) is 0.704. The third kappa shape index (κ3) is 3.44. The summed E-state index contributed by atoms with van der Waals surface area (Å²) in [6, 6.07) is 17.2. The molecule has 28 heavy (non-hydrogen) atoms. The fourth-order valence-corrected chi connectivity index (χ4v) is 3.48. The van der Waals surface area contributed by atoms with E-state index in [-0.39, 0.29) is 17.4 Å². The molecule has 1 fully saturated rings. The van der Waals surface area contributed by atoms with Gasteiger partial charge in [0.2, 0.25) is 0 Å². The van der Waals surface area contributed by atoms with E-state index in [1.807, 2.05) is 23.1 Å². The van der Waals surface area contributed by atoms with Gasteiger partial charge in [0.05, 0.1) is 7.11 Å². The van der Waals surface area contributed by atoms with Crippen molar-refractivity contribution in [1.29, 1.82) is 0 Å². The molecule has 1 aliphatic heterocycles. The maximum absolute atomic E-state index is 12.0. The number of benzene rings is 2. The highest BCUT2D eigenvalue weighted by atomic mass is 16.5.